The molecule has 0 radical (unpaired) electrons. The van der Waals surface area contributed by atoms with Gasteiger partial charge in [0.05, 0.1) is 0 Å². The lowest BCUT2D eigenvalue weighted by atomic mass is 9.99. The molecule has 0 aliphatic heterocycles. The first-order valence-corrected chi connectivity index (χ1v) is 5.40. The van der Waals surface area contributed by atoms with E-state index in [2.05, 4.69) is 37.1 Å². The van der Waals surface area contributed by atoms with Gasteiger partial charge in [0.2, 0.25) is 0 Å². The molecule has 1 aliphatic rings. The Balaban J connectivity index is 2.30. The van der Waals surface area contributed by atoms with Gasteiger partial charge in [-0.25, -0.2) is 4.98 Å². The number of anilines is 1. The van der Waals surface area contributed by atoms with Crippen molar-refractivity contribution in [2.24, 2.45) is 0 Å². The largest absolute Gasteiger partial charge is 0.367 e. The summed E-state index contributed by atoms with van der Waals surface area (Å²) >= 11 is 0. The molecule has 2 rings (SSSR count). The van der Waals surface area contributed by atoms with Crippen LogP contribution in [-0.2, 0) is 0 Å². The molecule has 2 nitrogen and oxygen atoms in total. The van der Waals surface area contributed by atoms with Gasteiger partial charge in [-0.2, -0.15) is 0 Å². The highest BCUT2D eigenvalue weighted by atomic mass is 15.0. The van der Waals surface area contributed by atoms with Crippen molar-refractivity contribution in [2.45, 2.75) is 45.6 Å². The van der Waals surface area contributed by atoms with Crippen LogP contribution in [0.5, 0.6) is 0 Å². The lowest BCUT2D eigenvalue weighted by molar-refractivity contribution is 0.846. The molecule has 1 fully saturated rings. The molecule has 2 heteroatoms. The van der Waals surface area contributed by atoms with E-state index in [1.54, 1.807) is 0 Å². The molecule has 0 amide bonds. The summed E-state index contributed by atoms with van der Waals surface area (Å²) in [5, 5.41) is 3.50. The van der Waals surface area contributed by atoms with Crippen LogP contribution >= 0.6 is 0 Å². The van der Waals surface area contributed by atoms with Crippen molar-refractivity contribution in [3.05, 3.63) is 23.4 Å². The molecule has 1 N–H and O–H groups in total. The zero-order chi connectivity index (χ0) is 10.1. The van der Waals surface area contributed by atoms with Crippen molar-refractivity contribution >= 4 is 5.82 Å². The molecule has 1 aliphatic carbocycles. The highest BCUT2D eigenvalue weighted by Crippen LogP contribution is 2.30. The molecule has 1 heterocycles. The van der Waals surface area contributed by atoms with Crippen molar-refractivity contribution in [1.82, 2.24) is 4.98 Å². The Bertz CT molecular complexity index is 327. The van der Waals surface area contributed by atoms with Crippen LogP contribution in [-0.4, -0.2) is 11.0 Å². The number of pyridine rings is 1. The van der Waals surface area contributed by atoms with Crippen LogP contribution in [0.3, 0.4) is 0 Å². The van der Waals surface area contributed by atoms with Crippen molar-refractivity contribution in [1.29, 1.82) is 0 Å². The lowest BCUT2D eigenvalue weighted by Crippen LogP contribution is -2.08. The minimum Gasteiger partial charge on any atom is -0.367 e. The highest BCUT2D eigenvalue weighted by Gasteiger charge is 2.23. The van der Waals surface area contributed by atoms with Gasteiger partial charge in [0.1, 0.15) is 5.82 Å². The third-order valence-corrected chi connectivity index (χ3v) is 2.70. The summed E-state index contributed by atoms with van der Waals surface area (Å²) in [6, 6.07) is 2.77. The quantitative estimate of drug-likeness (QED) is 0.792. The summed E-state index contributed by atoms with van der Waals surface area (Å²) < 4.78 is 0. The monoisotopic (exact) mass is 190 g/mol. The molecule has 1 saturated carbocycles. The molecular weight excluding hydrogens is 172 g/mol. The van der Waals surface area contributed by atoms with Gasteiger partial charge in [0, 0.05) is 12.2 Å². The van der Waals surface area contributed by atoms with E-state index in [-0.39, 0.29) is 0 Å². The molecule has 14 heavy (non-hydrogen) atoms. The Kier molecular flexibility index (Phi) is 2.44. The summed E-state index contributed by atoms with van der Waals surface area (Å²) in [4.78, 5) is 4.43. The Labute approximate surface area is 85.7 Å². The second-order valence-electron chi connectivity index (χ2n) is 4.46. The minimum absolute atomic E-state index is 0.546. The van der Waals surface area contributed by atoms with Crippen LogP contribution in [0.25, 0.3) is 0 Å². The van der Waals surface area contributed by atoms with E-state index in [1.165, 1.54) is 24.0 Å². The van der Waals surface area contributed by atoms with Crippen LogP contribution in [0, 0.1) is 6.92 Å². The number of hydrogen-bond donors (Lipinski definition) is 1. The summed E-state index contributed by atoms with van der Waals surface area (Å²) in [5.74, 6) is 1.65. The molecule has 1 aromatic heterocycles. The van der Waals surface area contributed by atoms with E-state index in [4.69, 9.17) is 0 Å². The zero-order valence-electron chi connectivity index (χ0n) is 9.17. The van der Waals surface area contributed by atoms with Gasteiger partial charge >= 0.3 is 0 Å². The molecule has 0 atom stereocenters. The van der Waals surface area contributed by atoms with E-state index in [1.807, 2.05) is 6.20 Å². The molecule has 0 spiro atoms. The van der Waals surface area contributed by atoms with Gasteiger partial charge in [0.15, 0.2) is 0 Å². The summed E-state index contributed by atoms with van der Waals surface area (Å²) in [6.07, 6.45) is 4.49. The maximum Gasteiger partial charge on any atom is 0.129 e. The second kappa shape index (κ2) is 3.60. The van der Waals surface area contributed by atoms with Crippen molar-refractivity contribution in [3.8, 4) is 0 Å². The SMILES string of the molecule is Cc1ccnc(NC2CC2)c1C(C)C. The van der Waals surface area contributed by atoms with Gasteiger partial charge in [-0.05, 0) is 42.9 Å². The minimum atomic E-state index is 0.546. The number of nitrogens with zero attached hydrogens (tertiary/aromatic N) is 1. The zero-order valence-corrected chi connectivity index (χ0v) is 9.17. The molecule has 1 aromatic rings. The summed E-state index contributed by atoms with van der Waals surface area (Å²) in [7, 11) is 0. The number of aryl methyl sites for hydroxylation is 1. The van der Waals surface area contributed by atoms with Gasteiger partial charge in [-0.1, -0.05) is 13.8 Å². The average molecular weight is 190 g/mol. The first-order chi connectivity index (χ1) is 6.68. The number of rotatable bonds is 3. The van der Waals surface area contributed by atoms with Gasteiger partial charge in [0.25, 0.3) is 0 Å². The van der Waals surface area contributed by atoms with Crippen molar-refractivity contribution in [3.63, 3.8) is 0 Å². The van der Waals surface area contributed by atoms with Crippen LogP contribution in [0.15, 0.2) is 12.3 Å². The predicted molar refractivity (Wildman–Crippen MR) is 59.7 cm³/mol. The lowest BCUT2D eigenvalue weighted by Gasteiger charge is -2.15. The van der Waals surface area contributed by atoms with Gasteiger partial charge in [-0.3, -0.25) is 0 Å². The molecular formula is C12H18N2. The molecule has 0 bridgehead atoms. The summed E-state index contributed by atoms with van der Waals surface area (Å²) in [6.45, 7) is 6.61. The number of nitrogens with one attached hydrogen (secondary N) is 1. The third-order valence-electron chi connectivity index (χ3n) is 2.70. The smallest absolute Gasteiger partial charge is 0.129 e. The maximum atomic E-state index is 4.43. The first kappa shape index (κ1) is 9.50. The Morgan fingerprint density at radius 1 is 1.43 bits per heavy atom. The van der Waals surface area contributed by atoms with E-state index < -0.39 is 0 Å². The fourth-order valence-corrected chi connectivity index (χ4v) is 1.83. The van der Waals surface area contributed by atoms with E-state index in [0.717, 1.165) is 5.82 Å². The second-order valence-corrected chi connectivity index (χ2v) is 4.46. The third kappa shape index (κ3) is 1.89. The van der Waals surface area contributed by atoms with Crippen LogP contribution < -0.4 is 5.32 Å². The number of hydrogen-bond acceptors (Lipinski definition) is 2. The fourth-order valence-electron chi connectivity index (χ4n) is 1.83. The van der Waals surface area contributed by atoms with E-state index in [0.29, 0.717) is 12.0 Å². The first-order valence-electron chi connectivity index (χ1n) is 5.40. The molecule has 0 saturated heterocycles. The molecule has 0 aromatic carbocycles. The fraction of sp³-hybridized carbons (Fsp3) is 0.583. The standard InChI is InChI=1S/C12H18N2/c1-8(2)11-9(3)6-7-13-12(11)14-10-4-5-10/h6-8,10H,4-5H2,1-3H3,(H,13,14). The van der Waals surface area contributed by atoms with E-state index in [9.17, 15) is 0 Å². The van der Waals surface area contributed by atoms with Crippen LogP contribution in [0.4, 0.5) is 5.82 Å². The highest BCUT2D eigenvalue weighted by molar-refractivity contribution is 5.51. The van der Waals surface area contributed by atoms with Crippen molar-refractivity contribution in [2.75, 3.05) is 5.32 Å². The van der Waals surface area contributed by atoms with Gasteiger partial charge in [-0.15, -0.1) is 0 Å². The Morgan fingerprint density at radius 3 is 2.71 bits per heavy atom. The molecule has 0 unspecified atom stereocenters. The Morgan fingerprint density at radius 2 is 2.14 bits per heavy atom. The average Bonchev–Trinajstić information content (AvgIpc) is 2.87. The van der Waals surface area contributed by atoms with E-state index >= 15 is 0 Å². The Hall–Kier alpha value is -1.05. The van der Waals surface area contributed by atoms with Gasteiger partial charge < -0.3 is 5.32 Å². The van der Waals surface area contributed by atoms with Crippen LogP contribution in [0.1, 0.15) is 43.7 Å². The molecule has 76 valence electrons. The summed E-state index contributed by atoms with van der Waals surface area (Å²) in [5.41, 5.74) is 2.72. The normalized spacial score (nSPS) is 16.0. The maximum absolute atomic E-state index is 4.43. The topological polar surface area (TPSA) is 24.9 Å². The van der Waals surface area contributed by atoms with Crippen LogP contribution in [0.2, 0.25) is 0 Å². The number of aromatic nitrogens is 1. The predicted octanol–water partition coefficient (Wildman–Crippen LogP) is 3.09. The van der Waals surface area contributed by atoms with Crippen molar-refractivity contribution < 1.29 is 0 Å².